The van der Waals surface area contributed by atoms with Gasteiger partial charge >= 0.3 is 5.97 Å². The summed E-state index contributed by atoms with van der Waals surface area (Å²) in [6.07, 6.45) is 3.04. The molecule has 1 aliphatic rings. The van der Waals surface area contributed by atoms with Crippen molar-refractivity contribution in [2.45, 2.75) is 24.8 Å². The van der Waals surface area contributed by atoms with Crippen molar-refractivity contribution in [2.24, 2.45) is 0 Å². The highest BCUT2D eigenvalue weighted by molar-refractivity contribution is 6.32. The minimum atomic E-state index is -1.18. The summed E-state index contributed by atoms with van der Waals surface area (Å²) in [4.78, 5) is 23.4. The van der Waals surface area contributed by atoms with Crippen LogP contribution < -0.4 is 5.32 Å². The molecule has 7 nitrogen and oxygen atoms in total. The Morgan fingerprint density at radius 3 is 2.64 bits per heavy atom. The van der Waals surface area contributed by atoms with Crippen LogP contribution in [0.15, 0.2) is 30.5 Å². The first-order valence-corrected chi connectivity index (χ1v) is 7.13. The van der Waals surface area contributed by atoms with Gasteiger partial charge in [-0.3, -0.25) is 4.79 Å². The Morgan fingerprint density at radius 1 is 1.32 bits per heavy atom. The van der Waals surface area contributed by atoms with E-state index in [1.807, 2.05) is 0 Å². The van der Waals surface area contributed by atoms with Crippen molar-refractivity contribution in [1.82, 2.24) is 20.3 Å². The summed E-state index contributed by atoms with van der Waals surface area (Å²) in [6, 6.07) is 7.01. The Hall–Kier alpha value is -2.41. The van der Waals surface area contributed by atoms with Crippen molar-refractivity contribution in [3.05, 3.63) is 41.2 Å². The zero-order valence-corrected chi connectivity index (χ0v) is 12.2. The SMILES string of the molecule is O=C(NC1(C(=O)O)CCC1)c1cn(-c2ccccc2Cl)nn1. The van der Waals surface area contributed by atoms with E-state index in [0.29, 0.717) is 23.6 Å². The number of aliphatic carboxylic acids is 1. The van der Waals surface area contributed by atoms with Gasteiger partial charge in [-0.1, -0.05) is 28.9 Å². The number of hydrogen-bond donors (Lipinski definition) is 2. The Balaban J connectivity index is 1.81. The Morgan fingerprint density at radius 2 is 2.05 bits per heavy atom. The smallest absolute Gasteiger partial charge is 0.329 e. The molecule has 3 rings (SSSR count). The van der Waals surface area contributed by atoms with E-state index >= 15 is 0 Å². The van der Waals surface area contributed by atoms with E-state index in [2.05, 4.69) is 15.6 Å². The molecule has 1 heterocycles. The number of carbonyl (C=O) groups excluding carboxylic acids is 1. The second-order valence-corrected chi connectivity index (χ2v) is 5.60. The molecule has 1 aromatic heterocycles. The van der Waals surface area contributed by atoms with Gasteiger partial charge < -0.3 is 10.4 Å². The third-order valence-corrected chi connectivity index (χ3v) is 4.11. The summed E-state index contributed by atoms with van der Waals surface area (Å²) in [5.74, 6) is -1.58. The quantitative estimate of drug-likeness (QED) is 0.893. The van der Waals surface area contributed by atoms with Crippen LogP contribution in [0.2, 0.25) is 5.02 Å². The number of nitrogens with zero attached hydrogens (tertiary/aromatic N) is 3. The third-order valence-electron chi connectivity index (χ3n) is 3.79. The fourth-order valence-electron chi connectivity index (χ4n) is 2.33. The van der Waals surface area contributed by atoms with Crippen LogP contribution >= 0.6 is 11.6 Å². The summed E-state index contributed by atoms with van der Waals surface area (Å²) in [5, 5.41) is 19.9. The average molecular weight is 321 g/mol. The summed E-state index contributed by atoms with van der Waals surface area (Å²) < 4.78 is 1.38. The zero-order chi connectivity index (χ0) is 15.7. The van der Waals surface area contributed by atoms with Crippen molar-refractivity contribution in [1.29, 1.82) is 0 Å². The van der Waals surface area contributed by atoms with Crippen molar-refractivity contribution in [3.63, 3.8) is 0 Å². The van der Waals surface area contributed by atoms with E-state index in [9.17, 15) is 14.7 Å². The van der Waals surface area contributed by atoms with Crippen molar-refractivity contribution < 1.29 is 14.7 Å². The Bertz CT molecular complexity index is 739. The molecular weight excluding hydrogens is 308 g/mol. The second kappa shape index (κ2) is 5.42. The van der Waals surface area contributed by atoms with Crippen molar-refractivity contribution in [2.75, 3.05) is 0 Å². The van der Waals surface area contributed by atoms with E-state index in [4.69, 9.17) is 11.6 Å². The molecule has 2 N–H and O–H groups in total. The maximum atomic E-state index is 12.2. The lowest BCUT2D eigenvalue weighted by Gasteiger charge is -2.37. The molecule has 1 saturated carbocycles. The van der Waals surface area contributed by atoms with Gasteiger partial charge in [0.15, 0.2) is 5.69 Å². The fourth-order valence-corrected chi connectivity index (χ4v) is 2.55. The van der Waals surface area contributed by atoms with E-state index in [1.165, 1.54) is 10.9 Å². The molecule has 114 valence electrons. The summed E-state index contributed by atoms with van der Waals surface area (Å²) in [5.41, 5.74) is -0.537. The second-order valence-electron chi connectivity index (χ2n) is 5.19. The first kappa shape index (κ1) is 14.5. The molecule has 0 atom stereocenters. The molecule has 1 aliphatic carbocycles. The Kier molecular flexibility index (Phi) is 3.58. The number of carboxylic acid groups (broad SMARTS) is 1. The molecule has 22 heavy (non-hydrogen) atoms. The first-order chi connectivity index (χ1) is 10.5. The minimum Gasteiger partial charge on any atom is -0.480 e. The molecule has 0 spiro atoms. The van der Waals surface area contributed by atoms with Crippen LogP contribution in [0, 0.1) is 0 Å². The molecule has 0 unspecified atom stereocenters. The van der Waals surface area contributed by atoms with Gasteiger partial charge in [-0.2, -0.15) is 0 Å². The lowest BCUT2D eigenvalue weighted by atomic mass is 9.76. The van der Waals surface area contributed by atoms with Gasteiger partial charge in [-0.25, -0.2) is 9.48 Å². The predicted molar refractivity (Wildman–Crippen MR) is 78.1 cm³/mol. The number of amides is 1. The normalized spacial score (nSPS) is 15.9. The number of rotatable bonds is 4. The van der Waals surface area contributed by atoms with E-state index in [0.717, 1.165) is 6.42 Å². The lowest BCUT2D eigenvalue weighted by molar-refractivity contribution is -0.148. The number of hydrogen-bond acceptors (Lipinski definition) is 4. The third kappa shape index (κ3) is 2.43. The van der Waals surface area contributed by atoms with E-state index in [1.54, 1.807) is 24.3 Å². The molecular formula is C14H13ClN4O3. The molecule has 1 fully saturated rings. The first-order valence-electron chi connectivity index (χ1n) is 6.75. The van der Waals surface area contributed by atoms with E-state index in [-0.39, 0.29) is 5.69 Å². The molecule has 0 saturated heterocycles. The molecule has 2 aromatic rings. The van der Waals surface area contributed by atoms with E-state index < -0.39 is 17.4 Å². The fraction of sp³-hybridized carbons (Fsp3) is 0.286. The van der Waals surface area contributed by atoms with Gasteiger partial charge in [0.25, 0.3) is 5.91 Å². The number of carboxylic acids is 1. The standard InChI is InChI=1S/C14H13ClN4O3/c15-9-4-1-2-5-11(9)19-8-10(17-18-19)12(20)16-14(13(21)22)6-3-7-14/h1-2,4-5,8H,3,6-7H2,(H,16,20)(H,21,22). The van der Waals surface area contributed by atoms with Crippen LogP contribution in [0.25, 0.3) is 5.69 Å². The number of para-hydroxylation sites is 1. The van der Waals surface area contributed by atoms with Crippen LogP contribution in [0.3, 0.4) is 0 Å². The number of nitrogens with one attached hydrogen (secondary N) is 1. The van der Waals surface area contributed by atoms with Gasteiger partial charge in [0.2, 0.25) is 0 Å². The van der Waals surface area contributed by atoms with Crippen LogP contribution in [-0.4, -0.2) is 37.5 Å². The average Bonchev–Trinajstić information content (AvgIpc) is 2.92. The van der Waals surface area contributed by atoms with Gasteiger partial charge in [-0.15, -0.1) is 5.10 Å². The highest BCUT2D eigenvalue weighted by Gasteiger charge is 2.46. The molecule has 0 aliphatic heterocycles. The molecule has 8 heteroatoms. The summed E-state index contributed by atoms with van der Waals surface area (Å²) >= 11 is 6.06. The van der Waals surface area contributed by atoms with Crippen molar-refractivity contribution >= 4 is 23.5 Å². The highest BCUT2D eigenvalue weighted by Crippen LogP contribution is 2.32. The monoisotopic (exact) mass is 320 g/mol. The molecule has 1 aromatic carbocycles. The summed E-state index contributed by atoms with van der Waals surface area (Å²) in [6.45, 7) is 0. The van der Waals surface area contributed by atoms with Crippen LogP contribution in [0.1, 0.15) is 29.8 Å². The number of halogens is 1. The van der Waals surface area contributed by atoms with Crippen molar-refractivity contribution in [3.8, 4) is 5.69 Å². The lowest BCUT2D eigenvalue weighted by Crippen LogP contribution is -2.59. The molecule has 0 bridgehead atoms. The largest absolute Gasteiger partial charge is 0.480 e. The maximum absolute atomic E-state index is 12.2. The van der Waals surface area contributed by atoms with Crippen LogP contribution in [0.5, 0.6) is 0 Å². The van der Waals surface area contributed by atoms with Gasteiger partial charge in [-0.05, 0) is 31.4 Å². The molecule has 0 radical (unpaired) electrons. The number of aromatic nitrogens is 3. The predicted octanol–water partition coefficient (Wildman–Crippen LogP) is 1.66. The number of carbonyl (C=O) groups is 2. The van der Waals surface area contributed by atoms with Gasteiger partial charge in [0.1, 0.15) is 5.54 Å². The molecule has 1 amide bonds. The maximum Gasteiger partial charge on any atom is 0.329 e. The van der Waals surface area contributed by atoms with Gasteiger partial charge in [0.05, 0.1) is 16.9 Å². The highest BCUT2D eigenvalue weighted by atomic mass is 35.5. The Labute approximate surface area is 130 Å². The van der Waals surface area contributed by atoms with Gasteiger partial charge in [0, 0.05) is 0 Å². The zero-order valence-electron chi connectivity index (χ0n) is 11.5. The minimum absolute atomic E-state index is 0.0486. The number of benzene rings is 1. The topological polar surface area (TPSA) is 97.1 Å². The van der Waals surface area contributed by atoms with Crippen LogP contribution in [-0.2, 0) is 4.79 Å². The van der Waals surface area contributed by atoms with Crippen LogP contribution in [0.4, 0.5) is 0 Å². The summed E-state index contributed by atoms with van der Waals surface area (Å²) in [7, 11) is 0.